The van der Waals surface area contributed by atoms with E-state index in [1.165, 1.54) is 18.0 Å². The van der Waals surface area contributed by atoms with E-state index in [-0.39, 0.29) is 12.2 Å². The molecule has 0 spiro atoms. The quantitative estimate of drug-likeness (QED) is 0.372. The third kappa shape index (κ3) is 5.44. The summed E-state index contributed by atoms with van der Waals surface area (Å²) in [5, 5.41) is 5.16. The minimum Gasteiger partial charge on any atom is -0.497 e. The number of benzene rings is 2. The molecule has 5 nitrogen and oxygen atoms in total. The average Bonchev–Trinajstić information content (AvgIpc) is 3.17. The van der Waals surface area contributed by atoms with Crippen LogP contribution in [-0.2, 0) is 11.2 Å². The maximum Gasteiger partial charge on any atom is 0.431 e. The Morgan fingerprint density at radius 3 is 2.40 bits per heavy atom. The van der Waals surface area contributed by atoms with E-state index in [4.69, 9.17) is 4.74 Å². The topological polar surface area (TPSA) is 45.1 Å². The molecule has 4 rings (SSSR count). The Kier molecular flexibility index (Phi) is 7.33. The van der Waals surface area contributed by atoms with Crippen LogP contribution in [0.1, 0.15) is 31.7 Å². The first-order valence-corrected chi connectivity index (χ1v) is 11.8. The van der Waals surface area contributed by atoms with E-state index in [1.807, 2.05) is 17.0 Å². The van der Waals surface area contributed by atoms with Crippen molar-refractivity contribution in [3.63, 3.8) is 0 Å². The van der Waals surface area contributed by atoms with Crippen molar-refractivity contribution in [1.29, 1.82) is 0 Å². The van der Waals surface area contributed by atoms with Crippen LogP contribution in [-0.4, -0.2) is 44.4 Å². The smallest absolute Gasteiger partial charge is 0.431 e. The summed E-state index contributed by atoms with van der Waals surface area (Å²) in [5.41, 5.74) is 1.32. The Morgan fingerprint density at radius 1 is 1.11 bits per heavy atom. The molecule has 35 heavy (non-hydrogen) atoms. The van der Waals surface area contributed by atoms with Crippen molar-refractivity contribution in [2.45, 2.75) is 44.8 Å². The number of rotatable bonds is 7. The van der Waals surface area contributed by atoms with Gasteiger partial charge in [-0.25, -0.2) is 4.39 Å². The van der Waals surface area contributed by atoms with Crippen molar-refractivity contribution < 1.29 is 27.1 Å². The van der Waals surface area contributed by atoms with Crippen LogP contribution in [0.25, 0.3) is 0 Å². The molecule has 9 heteroatoms. The van der Waals surface area contributed by atoms with Crippen LogP contribution in [0.2, 0.25) is 0 Å². The van der Waals surface area contributed by atoms with Crippen molar-refractivity contribution in [3.05, 3.63) is 53.8 Å². The summed E-state index contributed by atoms with van der Waals surface area (Å²) in [6.07, 6.45) is -1.27. The molecule has 2 aromatic carbocycles. The highest BCUT2D eigenvalue weighted by Gasteiger charge is 2.48. The van der Waals surface area contributed by atoms with Gasteiger partial charge in [-0.15, -0.1) is 0 Å². The molecule has 2 aliphatic heterocycles. The number of aldehydes is 1. The fourth-order valence-corrected chi connectivity index (χ4v) is 5.00. The van der Waals surface area contributed by atoms with Crippen LogP contribution in [0.3, 0.4) is 0 Å². The number of alkyl halides is 3. The number of hydrogen-bond donors (Lipinski definition) is 0. The van der Waals surface area contributed by atoms with Gasteiger partial charge in [0.15, 0.2) is 0 Å². The SMILES string of the molecule is COc1ccc(F)c(N2CCC(Cc3ccc(N4N=C(C(F)(F)F)C(C)[C@@H]4CC=O)cc3)CC2)c1. The summed E-state index contributed by atoms with van der Waals surface area (Å²) < 4.78 is 59.6. The van der Waals surface area contributed by atoms with Gasteiger partial charge in [0.1, 0.15) is 23.6 Å². The molecule has 1 saturated heterocycles. The van der Waals surface area contributed by atoms with Crippen LogP contribution >= 0.6 is 0 Å². The summed E-state index contributed by atoms with van der Waals surface area (Å²) >= 11 is 0. The van der Waals surface area contributed by atoms with Gasteiger partial charge in [-0.05, 0) is 55.0 Å². The Hall–Kier alpha value is -3.10. The Bertz CT molecular complexity index is 1060. The third-order valence-electron chi connectivity index (χ3n) is 7.00. The van der Waals surface area contributed by atoms with Gasteiger partial charge >= 0.3 is 6.18 Å². The monoisotopic (exact) mass is 491 g/mol. The number of piperidine rings is 1. The van der Waals surface area contributed by atoms with E-state index in [9.17, 15) is 22.4 Å². The maximum absolute atomic E-state index is 14.3. The lowest BCUT2D eigenvalue weighted by Crippen LogP contribution is -2.35. The highest BCUT2D eigenvalue weighted by Crippen LogP contribution is 2.36. The molecule has 0 amide bonds. The van der Waals surface area contributed by atoms with Crippen LogP contribution in [0.15, 0.2) is 47.6 Å². The van der Waals surface area contributed by atoms with Crippen molar-refractivity contribution in [2.75, 3.05) is 30.1 Å². The predicted molar refractivity (Wildman–Crippen MR) is 128 cm³/mol. The maximum atomic E-state index is 14.3. The number of ether oxygens (including phenoxy) is 1. The summed E-state index contributed by atoms with van der Waals surface area (Å²) in [6.45, 7) is 2.93. The number of methoxy groups -OCH3 is 1. The molecule has 2 atom stereocenters. The minimum atomic E-state index is -4.53. The zero-order valence-corrected chi connectivity index (χ0v) is 19.8. The summed E-state index contributed by atoms with van der Waals surface area (Å²) in [4.78, 5) is 13.1. The number of carbonyl (C=O) groups excluding carboxylic acids is 1. The molecule has 0 saturated carbocycles. The van der Waals surface area contributed by atoms with Gasteiger partial charge in [-0.3, -0.25) is 5.01 Å². The van der Waals surface area contributed by atoms with Gasteiger partial charge in [0, 0.05) is 31.5 Å². The molecule has 0 radical (unpaired) electrons. The summed E-state index contributed by atoms with van der Waals surface area (Å²) in [6, 6.07) is 11.4. The first kappa shape index (κ1) is 25.0. The molecule has 188 valence electrons. The molecule has 0 N–H and O–H groups in total. The lowest BCUT2D eigenvalue weighted by atomic mass is 9.89. The van der Waals surface area contributed by atoms with Crippen LogP contribution < -0.4 is 14.6 Å². The Balaban J connectivity index is 1.39. The van der Waals surface area contributed by atoms with E-state index in [0.29, 0.717) is 29.3 Å². The lowest BCUT2D eigenvalue weighted by Gasteiger charge is -2.34. The van der Waals surface area contributed by atoms with E-state index in [0.717, 1.165) is 37.9 Å². The zero-order valence-electron chi connectivity index (χ0n) is 19.8. The van der Waals surface area contributed by atoms with Gasteiger partial charge in [0.2, 0.25) is 0 Å². The number of carbonyl (C=O) groups is 1. The van der Waals surface area contributed by atoms with Gasteiger partial charge in [0.25, 0.3) is 0 Å². The fourth-order valence-electron chi connectivity index (χ4n) is 5.00. The fraction of sp³-hybridized carbons (Fsp3) is 0.462. The molecule has 2 aromatic rings. The Labute approximate surface area is 202 Å². The number of hydrazone groups is 1. The average molecular weight is 492 g/mol. The number of anilines is 2. The molecule has 0 aromatic heterocycles. The molecule has 0 bridgehead atoms. The molecule has 0 aliphatic carbocycles. The first-order valence-electron chi connectivity index (χ1n) is 11.8. The summed E-state index contributed by atoms with van der Waals surface area (Å²) in [7, 11) is 1.56. The van der Waals surface area contributed by atoms with E-state index >= 15 is 0 Å². The van der Waals surface area contributed by atoms with Gasteiger partial charge < -0.3 is 14.4 Å². The van der Waals surface area contributed by atoms with Crippen molar-refractivity contribution >= 4 is 23.4 Å². The highest BCUT2D eigenvalue weighted by molar-refractivity contribution is 5.95. The normalized spacial score (nSPS) is 21.3. The molecule has 1 unspecified atom stereocenters. The van der Waals surface area contributed by atoms with Crippen molar-refractivity contribution in [1.82, 2.24) is 0 Å². The van der Waals surface area contributed by atoms with E-state index < -0.39 is 23.8 Å². The highest BCUT2D eigenvalue weighted by atomic mass is 19.4. The lowest BCUT2D eigenvalue weighted by molar-refractivity contribution is -0.108. The second-order valence-corrected chi connectivity index (χ2v) is 9.20. The van der Waals surface area contributed by atoms with Gasteiger partial charge in [-0.1, -0.05) is 19.1 Å². The number of halogens is 4. The van der Waals surface area contributed by atoms with Crippen LogP contribution in [0.5, 0.6) is 5.75 Å². The van der Waals surface area contributed by atoms with Gasteiger partial charge in [0.05, 0.1) is 24.5 Å². The largest absolute Gasteiger partial charge is 0.497 e. The second-order valence-electron chi connectivity index (χ2n) is 9.20. The predicted octanol–water partition coefficient (Wildman–Crippen LogP) is 5.63. The summed E-state index contributed by atoms with van der Waals surface area (Å²) in [5.74, 6) is -0.104. The van der Waals surface area contributed by atoms with Crippen molar-refractivity contribution in [3.8, 4) is 5.75 Å². The third-order valence-corrected chi connectivity index (χ3v) is 7.00. The zero-order chi connectivity index (χ0) is 25.2. The van der Waals surface area contributed by atoms with Gasteiger partial charge in [-0.2, -0.15) is 18.3 Å². The number of hydrogen-bond acceptors (Lipinski definition) is 5. The second kappa shape index (κ2) is 10.3. The van der Waals surface area contributed by atoms with E-state index in [2.05, 4.69) is 5.10 Å². The van der Waals surface area contributed by atoms with Crippen LogP contribution in [0.4, 0.5) is 28.9 Å². The minimum absolute atomic E-state index is 0.0293. The van der Waals surface area contributed by atoms with E-state index in [1.54, 1.807) is 31.4 Å². The number of nitrogens with zero attached hydrogens (tertiary/aromatic N) is 3. The van der Waals surface area contributed by atoms with Crippen molar-refractivity contribution in [2.24, 2.45) is 16.9 Å². The van der Waals surface area contributed by atoms with Crippen LogP contribution in [0, 0.1) is 17.7 Å². The molecule has 1 fully saturated rings. The molecular weight excluding hydrogens is 462 g/mol. The standard InChI is InChI=1S/C26H29F4N3O2/c1-17-23(11-14-34)33(31-25(17)26(28,29)30)20-5-3-18(4-6-20)15-19-9-12-32(13-10-19)24-16-21(35-2)7-8-22(24)27/h3-8,14,16-17,19,23H,9-13,15H2,1-2H3/t17?,23-/m0/s1. The Morgan fingerprint density at radius 2 is 1.80 bits per heavy atom. The first-order chi connectivity index (χ1) is 16.7. The molecule has 2 heterocycles. The molecular formula is C26H29F4N3O2. The molecule has 2 aliphatic rings.